The zero-order valence-electron chi connectivity index (χ0n) is 12.4. The van der Waals surface area contributed by atoms with Gasteiger partial charge in [0.15, 0.2) is 0 Å². The number of methoxy groups -OCH3 is 1. The van der Waals surface area contributed by atoms with Gasteiger partial charge in [0.05, 0.1) is 19.9 Å². The number of ether oxygens (including phenoxy) is 1. The molecule has 1 fully saturated rings. The van der Waals surface area contributed by atoms with Crippen molar-refractivity contribution in [2.75, 3.05) is 13.7 Å². The fourth-order valence-corrected chi connectivity index (χ4v) is 2.58. The van der Waals surface area contributed by atoms with Crippen LogP contribution in [0.15, 0.2) is 47.1 Å². The summed E-state index contributed by atoms with van der Waals surface area (Å²) in [5.41, 5.74) is -0.607. The molecule has 1 aliphatic carbocycles. The van der Waals surface area contributed by atoms with Crippen molar-refractivity contribution in [1.82, 2.24) is 5.32 Å². The number of nitrogens with one attached hydrogen (secondary N) is 1. The van der Waals surface area contributed by atoms with Gasteiger partial charge in [0.2, 0.25) is 0 Å². The van der Waals surface area contributed by atoms with E-state index in [1.54, 1.807) is 43.5 Å². The topological polar surface area (TPSA) is 71.7 Å². The summed E-state index contributed by atoms with van der Waals surface area (Å²) >= 11 is 0. The fourth-order valence-electron chi connectivity index (χ4n) is 2.58. The van der Waals surface area contributed by atoms with Crippen molar-refractivity contribution in [2.45, 2.75) is 18.4 Å². The Morgan fingerprint density at radius 1 is 1.36 bits per heavy atom. The fraction of sp³-hybridized carbons (Fsp3) is 0.353. The van der Waals surface area contributed by atoms with E-state index >= 15 is 0 Å². The van der Waals surface area contributed by atoms with Gasteiger partial charge in [-0.25, -0.2) is 0 Å². The van der Waals surface area contributed by atoms with Gasteiger partial charge in [0, 0.05) is 5.56 Å². The first-order valence-electron chi connectivity index (χ1n) is 7.32. The van der Waals surface area contributed by atoms with Crippen molar-refractivity contribution >= 4 is 5.91 Å². The number of furan rings is 1. The van der Waals surface area contributed by atoms with Gasteiger partial charge in [0.25, 0.3) is 5.91 Å². The molecule has 5 nitrogen and oxygen atoms in total. The third-order valence-corrected chi connectivity index (χ3v) is 4.07. The van der Waals surface area contributed by atoms with Gasteiger partial charge < -0.3 is 19.6 Å². The average Bonchev–Trinajstić information content (AvgIpc) is 3.27. The lowest BCUT2D eigenvalue weighted by molar-refractivity contribution is -0.00610. The first-order valence-corrected chi connectivity index (χ1v) is 7.32. The highest BCUT2D eigenvalue weighted by Gasteiger charge is 2.47. The van der Waals surface area contributed by atoms with Crippen LogP contribution >= 0.6 is 0 Å². The van der Waals surface area contributed by atoms with E-state index in [0.717, 1.165) is 12.8 Å². The number of benzene rings is 1. The van der Waals surface area contributed by atoms with E-state index in [4.69, 9.17) is 9.15 Å². The van der Waals surface area contributed by atoms with Gasteiger partial charge in [-0.1, -0.05) is 0 Å². The van der Waals surface area contributed by atoms with E-state index in [1.807, 2.05) is 0 Å². The molecule has 0 saturated heterocycles. The molecule has 1 unspecified atom stereocenters. The van der Waals surface area contributed by atoms with E-state index in [9.17, 15) is 9.90 Å². The van der Waals surface area contributed by atoms with Gasteiger partial charge in [-0.2, -0.15) is 0 Å². The first kappa shape index (κ1) is 14.7. The Bertz CT molecular complexity index is 631. The molecule has 2 aromatic rings. The lowest BCUT2D eigenvalue weighted by Crippen LogP contribution is -2.42. The van der Waals surface area contributed by atoms with Crippen molar-refractivity contribution in [3.05, 3.63) is 54.0 Å². The SMILES string of the molecule is COc1ccc(C(=O)NCC(O)(c2ccco2)C2CC2)cc1. The van der Waals surface area contributed by atoms with Crippen LogP contribution in [0.4, 0.5) is 0 Å². The quantitative estimate of drug-likeness (QED) is 0.859. The van der Waals surface area contributed by atoms with Crippen LogP contribution in [0.5, 0.6) is 5.75 Å². The summed E-state index contributed by atoms with van der Waals surface area (Å²) in [6.07, 6.45) is 3.42. The van der Waals surface area contributed by atoms with Gasteiger partial charge in [-0.3, -0.25) is 4.79 Å². The first-order chi connectivity index (χ1) is 10.6. The summed E-state index contributed by atoms with van der Waals surface area (Å²) in [7, 11) is 1.58. The van der Waals surface area contributed by atoms with Gasteiger partial charge in [-0.05, 0) is 55.2 Å². The molecule has 1 saturated carbocycles. The van der Waals surface area contributed by atoms with E-state index in [0.29, 0.717) is 17.1 Å². The van der Waals surface area contributed by atoms with Crippen molar-refractivity contribution in [3.63, 3.8) is 0 Å². The summed E-state index contributed by atoms with van der Waals surface area (Å²) in [6, 6.07) is 10.3. The van der Waals surface area contributed by atoms with Crippen molar-refractivity contribution in [3.8, 4) is 5.75 Å². The third-order valence-electron chi connectivity index (χ3n) is 4.07. The summed E-state index contributed by atoms with van der Waals surface area (Å²) in [4.78, 5) is 12.2. The molecular weight excluding hydrogens is 282 g/mol. The second kappa shape index (κ2) is 5.85. The Morgan fingerprint density at radius 2 is 2.09 bits per heavy atom. The van der Waals surface area contributed by atoms with Crippen molar-refractivity contribution in [1.29, 1.82) is 0 Å². The summed E-state index contributed by atoms with van der Waals surface area (Å²) in [5.74, 6) is 1.11. The lowest BCUT2D eigenvalue weighted by Gasteiger charge is -2.26. The van der Waals surface area contributed by atoms with Crippen LogP contribution in [0, 0.1) is 5.92 Å². The van der Waals surface area contributed by atoms with Crippen molar-refractivity contribution < 1.29 is 19.1 Å². The number of amides is 1. The van der Waals surface area contributed by atoms with E-state index < -0.39 is 5.60 Å². The summed E-state index contributed by atoms with van der Waals surface area (Å²) in [5, 5.41) is 13.7. The smallest absolute Gasteiger partial charge is 0.251 e. The van der Waals surface area contributed by atoms with Crippen molar-refractivity contribution in [2.24, 2.45) is 5.92 Å². The highest BCUT2D eigenvalue weighted by atomic mass is 16.5. The Morgan fingerprint density at radius 3 is 2.64 bits per heavy atom. The molecule has 5 heteroatoms. The molecule has 1 amide bonds. The number of aliphatic hydroxyl groups is 1. The van der Waals surface area contributed by atoms with Gasteiger partial charge in [-0.15, -0.1) is 0 Å². The van der Waals surface area contributed by atoms with Crippen LogP contribution in [0.1, 0.15) is 29.0 Å². The Balaban J connectivity index is 1.68. The average molecular weight is 301 g/mol. The highest BCUT2D eigenvalue weighted by molar-refractivity contribution is 5.94. The number of hydrogen-bond donors (Lipinski definition) is 2. The number of hydrogen-bond acceptors (Lipinski definition) is 4. The zero-order chi connectivity index (χ0) is 15.6. The maximum Gasteiger partial charge on any atom is 0.251 e. The molecule has 0 radical (unpaired) electrons. The third kappa shape index (κ3) is 2.85. The van der Waals surface area contributed by atoms with Crippen LogP contribution in [0.25, 0.3) is 0 Å². The van der Waals surface area contributed by atoms with E-state index in [2.05, 4.69) is 5.32 Å². The molecule has 3 rings (SSSR count). The molecular formula is C17H19NO4. The van der Waals surface area contributed by atoms with Crippen LogP contribution in [0.2, 0.25) is 0 Å². The minimum Gasteiger partial charge on any atom is -0.497 e. The zero-order valence-corrected chi connectivity index (χ0v) is 12.4. The maximum atomic E-state index is 12.2. The molecule has 1 atom stereocenters. The monoisotopic (exact) mass is 301 g/mol. The van der Waals surface area contributed by atoms with Gasteiger partial charge >= 0.3 is 0 Å². The Kier molecular flexibility index (Phi) is 3.90. The normalized spacial score (nSPS) is 16.8. The highest BCUT2D eigenvalue weighted by Crippen LogP contribution is 2.45. The number of rotatable bonds is 6. The second-order valence-electron chi connectivity index (χ2n) is 5.59. The second-order valence-corrected chi connectivity index (χ2v) is 5.59. The number of carbonyl (C=O) groups excluding carboxylic acids is 1. The van der Waals surface area contributed by atoms with Crippen LogP contribution < -0.4 is 10.1 Å². The van der Waals surface area contributed by atoms with E-state index in [1.165, 1.54) is 6.26 Å². The molecule has 2 N–H and O–H groups in total. The van der Waals surface area contributed by atoms with E-state index in [-0.39, 0.29) is 18.4 Å². The lowest BCUT2D eigenvalue weighted by atomic mass is 9.94. The molecule has 0 bridgehead atoms. The minimum absolute atomic E-state index is 0.134. The largest absolute Gasteiger partial charge is 0.497 e. The molecule has 0 aliphatic heterocycles. The maximum absolute atomic E-state index is 12.2. The molecule has 1 heterocycles. The molecule has 1 aromatic carbocycles. The molecule has 0 spiro atoms. The molecule has 1 aromatic heterocycles. The Hall–Kier alpha value is -2.27. The summed E-state index contributed by atoms with van der Waals surface area (Å²) < 4.78 is 10.4. The van der Waals surface area contributed by atoms with Gasteiger partial charge in [0.1, 0.15) is 17.1 Å². The molecule has 1 aliphatic rings. The van der Waals surface area contributed by atoms with Crippen LogP contribution in [-0.2, 0) is 5.60 Å². The minimum atomic E-state index is -1.13. The van der Waals surface area contributed by atoms with Crippen LogP contribution in [0.3, 0.4) is 0 Å². The Labute approximate surface area is 128 Å². The predicted molar refractivity (Wildman–Crippen MR) is 80.7 cm³/mol. The predicted octanol–water partition coefficient (Wildman–Crippen LogP) is 2.32. The van der Waals surface area contributed by atoms with Crippen LogP contribution in [-0.4, -0.2) is 24.7 Å². The molecule has 22 heavy (non-hydrogen) atoms. The molecule has 116 valence electrons. The standard InChI is InChI=1S/C17H19NO4/c1-21-14-8-4-12(5-9-14)16(19)18-11-17(20,13-6-7-13)15-3-2-10-22-15/h2-5,8-10,13,20H,6-7,11H2,1H3,(H,18,19). The summed E-state index contributed by atoms with van der Waals surface area (Å²) in [6.45, 7) is 0.135. The number of carbonyl (C=O) groups is 1.